The summed E-state index contributed by atoms with van der Waals surface area (Å²) < 4.78 is 25.5. The number of benzene rings is 3. The molecular weight excluding hydrogens is 390 g/mol. The lowest BCUT2D eigenvalue weighted by Gasteiger charge is -2.27. The zero-order valence-corrected chi connectivity index (χ0v) is 16.8. The third-order valence-electron chi connectivity index (χ3n) is 4.42. The Bertz CT molecular complexity index is 1160. The van der Waals surface area contributed by atoms with Gasteiger partial charge in [0.05, 0.1) is 18.2 Å². The molecule has 0 radical (unpaired) electrons. The molecule has 1 atom stereocenters. The van der Waals surface area contributed by atoms with Crippen LogP contribution in [-0.2, 0) is 14.8 Å². The Balaban J connectivity index is 1.82. The minimum atomic E-state index is -3.69. The molecule has 29 heavy (non-hydrogen) atoms. The number of amides is 1. The molecule has 3 aromatic carbocycles. The number of aromatic hydroxyl groups is 1. The van der Waals surface area contributed by atoms with Gasteiger partial charge in [-0.05, 0) is 35.9 Å². The highest BCUT2D eigenvalue weighted by Gasteiger charge is 2.28. The number of phenolic OH excluding ortho intramolecular Hbond substituents is 1. The summed E-state index contributed by atoms with van der Waals surface area (Å²) >= 11 is 0. The molecule has 150 valence electrons. The van der Waals surface area contributed by atoms with Crippen LogP contribution in [0.2, 0.25) is 0 Å². The number of hydrazone groups is 1. The van der Waals surface area contributed by atoms with E-state index in [4.69, 9.17) is 0 Å². The van der Waals surface area contributed by atoms with E-state index in [1.54, 1.807) is 42.5 Å². The topological polar surface area (TPSA) is 99.1 Å². The largest absolute Gasteiger partial charge is 0.507 e. The molecule has 2 N–H and O–H groups in total. The monoisotopic (exact) mass is 411 g/mol. The summed E-state index contributed by atoms with van der Waals surface area (Å²) in [7, 11) is -3.69. The number of nitrogens with zero attached hydrogens (tertiary/aromatic N) is 2. The van der Waals surface area contributed by atoms with Gasteiger partial charge in [0.15, 0.2) is 0 Å². The van der Waals surface area contributed by atoms with Crippen LogP contribution in [0.5, 0.6) is 5.75 Å². The van der Waals surface area contributed by atoms with Crippen LogP contribution < -0.4 is 9.73 Å². The van der Waals surface area contributed by atoms with Crippen molar-refractivity contribution in [3.05, 3.63) is 72.3 Å². The summed E-state index contributed by atoms with van der Waals surface area (Å²) in [6, 6.07) is 18.1. The van der Waals surface area contributed by atoms with Gasteiger partial charge in [0, 0.05) is 5.56 Å². The fraction of sp³-hybridized carbons (Fsp3) is 0.143. The number of phenols is 1. The number of rotatable bonds is 6. The van der Waals surface area contributed by atoms with Crippen LogP contribution >= 0.6 is 0 Å². The fourth-order valence-electron chi connectivity index (χ4n) is 3.06. The van der Waals surface area contributed by atoms with Crippen molar-refractivity contribution in [1.29, 1.82) is 0 Å². The molecule has 0 unspecified atom stereocenters. The Morgan fingerprint density at radius 3 is 2.41 bits per heavy atom. The van der Waals surface area contributed by atoms with Gasteiger partial charge in [-0.25, -0.2) is 13.8 Å². The third kappa shape index (κ3) is 4.55. The zero-order chi connectivity index (χ0) is 21.0. The number of hydrogen-bond donors (Lipinski definition) is 2. The molecule has 0 aliphatic rings. The molecule has 0 saturated carbocycles. The molecule has 0 aliphatic carbocycles. The highest BCUT2D eigenvalue weighted by molar-refractivity contribution is 7.92. The van der Waals surface area contributed by atoms with Crippen molar-refractivity contribution in [3.63, 3.8) is 0 Å². The molecule has 8 heteroatoms. The average molecular weight is 411 g/mol. The molecule has 0 aliphatic heterocycles. The van der Waals surface area contributed by atoms with Gasteiger partial charge in [-0.1, -0.05) is 48.5 Å². The molecule has 1 amide bonds. The van der Waals surface area contributed by atoms with Crippen LogP contribution in [-0.4, -0.2) is 37.9 Å². The first-order valence-corrected chi connectivity index (χ1v) is 10.7. The molecule has 7 nitrogen and oxygen atoms in total. The summed E-state index contributed by atoms with van der Waals surface area (Å²) in [4.78, 5) is 12.5. The smallest absolute Gasteiger partial charge is 0.263 e. The van der Waals surface area contributed by atoms with E-state index < -0.39 is 22.0 Å². The Morgan fingerprint density at radius 1 is 1.07 bits per heavy atom. The van der Waals surface area contributed by atoms with E-state index in [-0.39, 0.29) is 5.75 Å². The average Bonchev–Trinajstić information content (AvgIpc) is 2.69. The quantitative estimate of drug-likeness (QED) is 0.481. The van der Waals surface area contributed by atoms with Crippen LogP contribution in [0.15, 0.2) is 71.8 Å². The van der Waals surface area contributed by atoms with Crippen molar-refractivity contribution in [2.75, 3.05) is 10.6 Å². The lowest BCUT2D eigenvalue weighted by Crippen LogP contribution is -2.46. The first-order valence-electron chi connectivity index (χ1n) is 8.87. The Labute approximate surface area is 169 Å². The Hall–Kier alpha value is -3.39. The van der Waals surface area contributed by atoms with Gasteiger partial charge >= 0.3 is 0 Å². The van der Waals surface area contributed by atoms with Gasteiger partial charge in [-0.2, -0.15) is 5.10 Å². The number of hydrogen-bond acceptors (Lipinski definition) is 5. The predicted octanol–water partition coefficient (Wildman–Crippen LogP) is 2.85. The third-order valence-corrected chi connectivity index (χ3v) is 5.66. The fourth-order valence-corrected chi connectivity index (χ4v) is 4.23. The lowest BCUT2D eigenvalue weighted by atomic mass is 10.0. The first kappa shape index (κ1) is 20.3. The van der Waals surface area contributed by atoms with E-state index in [9.17, 15) is 18.3 Å². The van der Waals surface area contributed by atoms with Gasteiger partial charge in [0.1, 0.15) is 11.8 Å². The summed E-state index contributed by atoms with van der Waals surface area (Å²) in [5.41, 5.74) is 3.20. The summed E-state index contributed by atoms with van der Waals surface area (Å²) in [6.07, 6.45) is 2.39. The SMILES string of the molecule is C[C@@H](C(=O)NN=Cc1c(O)ccc2ccccc12)N(c1ccccc1)S(C)(=O)=O. The van der Waals surface area contributed by atoms with Crippen LogP contribution in [0.4, 0.5) is 5.69 Å². The minimum absolute atomic E-state index is 0.0248. The predicted molar refractivity (Wildman–Crippen MR) is 115 cm³/mol. The van der Waals surface area contributed by atoms with Gasteiger partial charge in [-0.3, -0.25) is 9.10 Å². The number of sulfonamides is 1. The molecule has 0 spiro atoms. The second kappa shape index (κ2) is 8.32. The summed E-state index contributed by atoms with van der Waals surface area (Å²) in [6.45, 7) is 1.48. The minimum Gasteiger partial charge on any atom is -0.507 e. The number of para-hydroxylation sites is 1. The van der Waals surface area contributed by atoms with Gasteiger partial charge in [0.2, 0.25) is 10.0 Å². The molecular formula is C21H21N3O4S. The highest BCUT2D eigenvalue weighted by Crippen LogP contribution is 2.25. The summed E-state index contributed by atoms with van der Waals surface area (Å²) in [5, 5.41) is 15.8. The number of carbonyl (C=O) groups excluding carboxylic acids is 1. The van der Waals surface area contributed by atoms with Crippen molar-refractivity contribution in [1.82, 2.24) is 5.43 Å². The normalized spacial score (nSPS) is 12.8. The maximum atomic E-state index is 12.5. The molecule has 3 rings (SSSR count). The van der Waals surface area contributed by atoms with E-state index in [1.165, 1.54) is 13.1 Å². The number of carbonyl (C=O) groups is 1. The molecule has 0 bridgehead atoms. The van der Waals surface area contributed by atoms with Gasteiger partial charge < -0.3 is 5.11 Å². The van der Waals surface area contributed by atoms with E-state index in [2.05, 4.69) is 10.5 Å². The molecule has 0 aromatic heterocycles. The van der Waals surface area contributed by atoms with E-state index in [0.717, 1.165) is 21.3 Å². The van der Waals surface area contributed by atoms with Crippen LogP contribution in [0.1, 0.15) is 12.5 Å². The maximum absolute atomic E-state index is 12.5. The molecule has 0 heterocycles. The van der Waals surface area contributed by atoms with E-state index in [1.807, 2.05) is 24.3 Å². The number of anilines is 1. The van der Waals surface area contributed by atoms with Crippen molar-refractivity contribution < 1.29 is 18.3 Å². The number of fused-ring (bicyclic) bond motifs is 1. The highest BCUT2D eigenvalue weighted by atomic mass is 32.2. The second-order valence-corrected chi connectivity index (χ2v) is 8.38. The second-order valence-electron chi connectivity index (χ2n) is 6.52. The van der Waals surface area contributed by atoms with Crippen molar-refractivity contribution in [3.8, 4) is 5.75 Å². The van der Waals surface area contributed by atoms with Crippen LogP contribution in [0.25, 0.3) is 10.8 Å². The van der Waals surface area contributed by atoms with Crippen molar-refractivity contribution >= 4 is 38.6 Å². The van der Waals surface area contributed by atoms with Crippen LogP contribution in [0.3, 0.4) is 0 Å². The molecule has 0 fully saturated rings. The Kier molecular flexibility index (Phi) is 5.84. The Morgan fingerprint density at radius 2 is 1.72 bits per heavy atom. The zero-order valence-electron chi connectivity index (χ0n) is 16.0. The van der Waals surface area contributed by atoms with Crippen LogP contribution in [0, 0.1) is 0 Å². The van der Waals surface area contributed by atoms with Gasteiger partial charge in [-0.15, -0.1) is 0 Å². The first-order chi connectivity index (χ1) is 13.8. The maximum Gasteiger partial charge on any atom is 0.263 e. The molecule has 0 saturated heterocycles. The molecule has 3 aromatic rings. The van der Waals surface area contributed by atoms with E-state index in [0.29, 0.717) is 11.3 Å². The van der Waals surface area contributed by atoms with E-state index >= 15 is 0 Å². The van der Waals surface area contributed by atoms with Crippen molar-refractivity contribution in [2.24, 2.45) is 5.10 Å². The number of nitrogens with one attached hydrogen (secondary N) is 1. The van der Waals surface area contributed by atoms with Gasteiger partial charge in [0.25, 0.3) is 5.91 Å². The lowest BCUT2D eigenvalue weighted by molar-refractivity contribution is -0.121. The standard InChI is InChI=1S/C21H21N3O4S/c1-15(24(29(2,27)28)17-9-4-3-5-10-17)21(26)23-22-14-19-18-11-7-6-8-16(18)12-13-20(19)25/h3-15,25H,1-2H3,(H,23,26)/t15-/m0/s1. The van der Waals surface area contributed by atoms with Crippen molar-refractivity contribution in [2.45, 2.75) is 13.0 Å². The summed E-state index contributed by atoms with van der Waals surface area (Å²) in [5.74, 6) is -0.577.